The number of amides is 3. The summed E-state index contributed by atoms with van der Waals surface area (Å²) in [4.78, 5) is 46.0. The molecule has 0 fully saturated rings. The van der Waals surface area contributed by atoms with E-state index in [4.69, 9.17) is 25.5 Å². The number of aliphatic carboxylic acids is 1. The molecule has 4 atom stereocenters. The van der Waals surface area contributed by atoms with Crippen LogP contribution in [0.4, 0.5) is 0 Å². The Bertz CT molecular complexity index is 490. The van der Waals surface area contributed by atoms with E-state index in [2.05, 4.69) is 23.3 Å². The van der Waals surface area contributed by atoms with Gasteiger partial charge < -0.3 is 41.5 Å². The maximum atomic E-state index is 12.0. The predicted molar refractivity (Wildman–Crippen MR) is 84.5 cm³/mol. The highest BCUT2D eigenvalue weighted by Crippen LogP contribution is 1.95. The van der Waals surface area contributed by atoms with Gasteiger partial charge in [0.05, 0.1) is 19.8 Å². The van der Waals surface area contributed by atoms with Crippen molar-refractivity contribution < 1.29 is 44.7 Å². The van der Waals surface area contributed by atoms with Gasteiger partial charge in [-0.3, -0.25) is 14.4 Å². The summed E-state index contributed by atoms with van der Waals surface area (Å²) in [5.74, 6) is -4.81. The number of carboxylic acids is 1. The largest absolute Gasteiger partial charge is 0.480 e. The molecule has 0 aliphatic rings. The van der Waals surface area contributed by atoms with E-state index in [0.29, 0.717) is 0 Å². The molecule has 0 spiro atoms. The first-order valence-electron chi connectivity index (χ1n) is 6.97. The molecule has 0 aromatic heterocycles. The fraction of sp³-hybridized carbons (Fsp3) is 0.667. The first kappa shape index (κ1) is 23.1. The van der Waals surface area contributed by atoms with E-state index in [0.717, 1.165) is 0 Å². The molecular weight excluding hydrogens is 362 g/mol. The molecule has 0 radical (unpaired) electrons. The van der Waals surface area contributed by atoms with Crippen LogP contribution >= 0.6 is 12.6 Å². The second-order valence-corrected chi connectivity index (χ2v) is 5.13. The van der Waals surface area contributed by atoms with E-state index in [9.17, 15) is 19.2 Å². The van der Waals surface area contributed by atoms with Gasteiger partial charge in [-0.15, -0.1) is 0 Å². The lowest BCUT2D eigenvalue weighted by atomic mass is 10.2. The van der Waals surface area contributed by atoms with Gasteiger partial charge in [-0.05, 0) is 0 Å². The first-order chi connectivity index (χ1) is 11.7. The van der Waals surface area contributed by atoms with Gasteiger partial charge in [-0.2, -0.15) is 12.6 Å². The number of carboxylic acid groups (broad SMARTS) is 1. The van der Waals surface area contributed by atoms with Gasteiger partial charge in [-0.25, -0.2) is 4.79 Å². The second-order valence-electron chi connectivity index (χ2n) is 4.77. The van der Waals surface area contributed by atoms with Gasteiger partial charge in [0.1, 0.15) is 18.1 Å². The van der Waals surface area contributed by atoms with Crippen molar-refractivity contribution in [3.63, 3.8) is 0 Å². The van der Waals surface area contributed by atoms with Crippen LogP contribution in [0.15, 0.2) is 0 Å². The monoisotopic (exact) mass is 383 g/mol. The van der Waals surface area contributed by atoms with Crippen molar-refractivity contribution in [2.75, 3.05) is 25.6 Å². The van der Waals surface area contributed by atoms with Crippen molar-refractivity contribution >= 4 is 36.3 Å². The van der Waals surface area contributed by atoms with Crippen LogP contribution in [0.25, 0.3) is 0 Å². The zero-order valence-electron chi connectivity index (χ0n) is 13.0. The standard InChI is InChI=1S/C12H21N3O9S/c16-1-5(9(20)14-6(2-17)12(23)24)13-10(21)7(4-25)15-11(22)8(19)3-18/h5-8,16-19,25H,1-4H2,(H,13,21)(H,14,20)(H,15,22)(H,23,24)/t5-,6-,7-,8?/m0/s1. The molecule has 0 aromatic rings. The average Bonchev–Trinajstić information content (AvgIpc) is 2.59. The minimum absolute atomic E-state index is 0.232. The third-order valence-corrected chi connectivity index (χ3v) is 3.27. The Morgan fingerprint density at radius 3 is 1.60 bits per heavy atom. The lowest BCUT2D eigenvalue weighted by molar-refractivity contribution is -0.143. The Morgan fingerprint density at radius 2 is 1.20 bits per heavy atom. The molecule has 144 valence electrons. The van der Waals surface area contributed by atoms with Crippen LogP contribution in [0.1, 0.15) is 0 Å². The van der Waals surface area contributed by atoms with E-state index >= 15 is 0 Å². The molecule has 0 aliphatic heterocycles. The first-order valence-corrected chi connectivity index (χ1v) is 7.60. The molecule has 12 nitrogen and oxygen atoms in total. The van der Waals surface area contributed by atoms with Crippen LogP contribution < -0.4 is 16.0 Å². The molecule has 0 saturated heterocycles. The highest BCUT2D eigenvalue weighted by Gasteiger charge is 2.29. The third-order valence-electron chi connectivity index (χ3n) is 2.90. The molecule has 1 unspecified atom stereocenters. The summed E-state index contributed by atoms with van der Waals surface area (Å²) >= 11 is 3.83. The Morgan fingerprint density at radius 1 is 0.760 bits per heavy atom. The lowest BCUT2D eigenvalue weighted by Crippen LogP contribution is -2.58. The number of nitrogens with one attached hydrogen (secondary N) is 3. The normalized spacial score (nSPS) is 15.4. The van der Waals surface area contributed by atoms with Crippen molar-refractivity contribution in [2.24, 2.45) is 0 Å². The maximum Gasteiger partial charge on any atom is 0.328 e. The second kappa shape index (κ2) is 11.6. The summed E-state index contributed by atoms with van der Waals surface area (Å²) in [6, 6.07) is -4.48. The van der Waals surface area contributed by atoms with Crippen LogP contribution in [0, 0.1) is 0 Å². The SMILES string of the molecule is O=C(N[C@@H](CS)C(=O)N[C@@H](CO)C(=O)N[C@@H](CO)C(=O)O)C(O)CO. The Balaban J connectivity index is 4.86. The fourth-order valence-electron chi connectivity index (χ4n) is 1.47. The highest BCUT2D eigenvalue weighted by atomic mass is 32.1. The minimum atomic E-state index is -1.76. The van der Waals surface area contributed by atoms with Gasteiger partial charge in [0, 0.05) is 5.75 Å². The maximum absolute atomic E-state index is 12.0. The van der Waals surface area contributed by atoms with Crippen molar-refractivity contribution in [2.45, 2.75) is 24.2 Å². The number of thiol groups is 1. The van der Waals surface area contributed by atoms with Gasteiger partial charge in [0.15, 0.2) is 6.10 Å². The Hall–Kier alpha value is -1.93. The summed E-state index contributed by atoms with van der Waals surface area (Å²) in [5.41, 5.74) is 0. The Kier molecular flexibility index (Phi) is 10.7. The molecule has 3 amide bonds. The molecule has 0 heterocycles. The number of aliphatic hydroxyl groups is 4. The van der Waals surface area contributed by atoms with Crippen molar-refractivity contribution in [3.8, 4) is 0 Å². The average molecular weight is 383 g/mol. The van der Waals surface area contributed by atoms with E-state index in [1.165, 1.54) is 0 Å². The fourth-order valence-corrected chi connectivity index (χ4v) is 1.73. The zero-order chi connectivity index (χ0) is 19.6. The van der Waals surface area contributed by atoms with E-state index in [1.54, 1.807) is 0 Å². The molecule has 0 saturated carbocycles. The molecule has 0 aliphatic carbocycles. The number of hydrogen-bond acceptors (Lipinski definition) is 9. The topological polar surface area (TPSA) is 206 Å². The summed E-state index contributed by atoms with van der Waals surface area (Å²) < 4.78 is 0. The summed E-state index contributed by atoms with van der Waals surface area (Å²) in [7, 11) is 0. The van der Waals surface area contributed by atoms with Gasteiger partial charge in [0.2, 0.25) is 11.8 Å². The summed E-state index contributed by atoms with van der Waals surface area (Å²) in [6.07, 6.45) is -1.76. The number of carbonyl (C=O) groups is 4. The number of carbonyl (C=O) groups excluding carboxylic acids is 3. The molecule has 0 rings (SSSR count). The lowest BCUT2D eigenvalue weighted by Gasteiger charge is -2.22. The predicted octanol–water partition coefficient (Wildman–Crippen LogP) is -5.21. The molecule has 0 aromatic carbocycles. The zero-order valence-corrected chi connectivity index (χ0v) is 13.8. The molecule has 8 N–H and O–H groups in total. The highest BCUT2D eigenvalue weighted by molar-refractivity contribution is 7.80. The number of rotatable bonds is 11. The van der Waals surface area contributed by atoms with E-state index in [1.807, 2.05) is 5.32 Å². The smallest absolute Gasteiger partial charge is 0.328 e. The summed E-state index contributed by atoms with van der Waals surface area (Å²) in [5, 5.41) is 50.6. The van der Waals surface area contributed by atoms with E-state index in [-0.39, 0.29) is 5.75 Å². The Labute approximate surface area is 147 Å². The van der Waals surface area contributed by atoms with Crippen molar-refractivity contribution in [1.82, 2.24) is 16.0 Å². The number of aliphatic hydroxyl groups excluding tert-OH is 4. The third kappa shape index (κ3) is 7.66. The molecule has 0 bridgehead atoms. The van der Waals surface area contributed by atoms with Gasteiger partial charge in [-0.1, -0.05) is 0 Å². The minimum Gasteiger partial charge on any atom is -0.480 e. The quantitative estimate of drug-likeness (QED) is 0.156. The van der Waals surface area contributed by atoms with Crippen LogP contribution in [-0.4, -0.2) is 99.0 Å². The molecular formula is C12H21N3O9S. The van der Waals surface area contributed by atoms with Gasteiger partial charge >= 0.3 is 5.97 Å². The summed E-state index contributed by atoms with van der Waals surface area (Å²) in [6.45, 7) is -2.66. The number of hydrogen-bond donors (Lipinski definition) is 9. The molecule has 25 heavy (non-hydrogen) atoms. The van der Waals surface area contributed by atoms with Crippen molar-refractivity contribution in [3.05, 3.63) is 0 Å². The van der Waals surface area contributed by atoms with Gasteiger partial charge in [0.25, 0.3) is 5.91 Å². The van der Waals surface area contributed by atoms with Crippen LogP contribution in [-0.2, 0) is 19.2 Å². The van der Waals surface area contributed by atoms with Crippen LogP contribution in [0.5, 0.6) is 0 Å². The van der Waals surface area contributed by atoms with E-state index < -0.39 is 67.7 Å². The van der Waals surface area contributed by atoms with Crippen LogP contribution in [0.2, 0.25) is 0 Å². The van der Waals surface area contributed by atoms with Crippen LogP contribution in [0.3, 0.4) is 0 Å². The van der Waals surface area contributed by atoms with Crippen molar-refractivity contribution in [1.29, 1.82) is 0 Å². The molecule has 13 heteroatoms.